The fraction of sp³-hybridized carbons (Fsp3) is 0.294. The largest absolute Gasteiger partial charge is 0.254 e. The normalized spacial score (nSPS) is 11.3. The summed E-state index contributed by atoms with van der Waals surface area (Å²) in [6.45, 7) is 4.40. The van der Waals surface area contributed by atoms with Crippen LogP contribution in [-0.4, -0.2) is 9.97 Å². The quantitative estimate of drug-likeness (QED) is 0.648. The van der Waals surface area contributed by atoms with Crippen molar-refractivity contribution in [3.8, 4) is 0 Å². The minimum absolute atomic E-state index is 1.01. The number of nitrogens with zero attached hydrogens (tertiary/aromatic N) is 2. The van der Waals surface area contributed by atoms with Crippen LogP contribution in [0.15, 0.2) is 36.5 Å². The molecule has 19 heavy (non-hydrogen) atoms. The van der Waals surface area contributed by atoms with Crippen LogP contribution in [-0.2, 0) is 12.8 Å². The van der Waals surface area contributed by atoms with Crippen molar-refractivity contribution in [2.75, 3.05) is 0 Å². The molecule has 0 saturated heterocycles. The van der Waals surface area contributed by atoms with Crippen molar-refractivity contribution in [2.24, 2.45) is 0 Å². The van der Waals surface area contributed by atoms with Crippen LogP contribution in [0.4, 0.5) is 0 Å². The first-order valence-corrected chi connectivity index (χ1v) is 6.99. The van der Waals surface area contributed by atoms with E-state index in [2.05, 4.69) is 43.1 Å². The van der Waals surface area contributed by atoms with Gasteiger partial charge in [-0.15, -0.1) is 0 Å². The molecule has 2 heteroatoms. The predicted molar refractivity (Wildman–Crippen MR) is 80.4 cm³/mol. The highest BCUT2D eigenvalue weighted by molar-refractivity contribution is 6.02. The lowest BCUT2D eigenvalue weighted by atomic mass is 10.0. The Labute approximate surface area is 113 Å². The van der Waals surface area contributed by atoms with Gasteiger partial charge in [-0.2, -0.15) is 0 Å². The molecule has 3 rings (SSSR count). The maximum atomic E-state index is 4.90. The number of pyridine rings is 2. The number of benzene rings is 1. The molecule has 0 fully saturated rings. The summed E-state index contributed by atoms with van der Waals surface area (Å²) in [4.78, 5) is 9.40. The second-order valence-corrected chi connectivity index (χ2v) is 4.91. The van der Waals surface area contributed by atoms with E-state index in [9.17, 15) is 0 Å². The van der Waals surface area contributed by atoms with E-state index in [-0.39, 0.29) is 0 Å². The average Bonchev–Trinajstić information content (AvgIpc) is 2.47. The Morgan fingerprint density at radius 3 is 2.63 bits per heavy atom. The van der Waals surface area contributed by atoms with Crippen LogP contribution in [0.3, 0.4) is 0 Å². The fourth-order valence-electron chi connectivity index (χ4n) is 2.62. The van der Waals surface area contributed by atoms with E-state index in [4.69, 9.17) is 4.98 Å². The Morgan fingerprint density at radius 1 is 1.00 bits per heavy atom. The molecule has 0 unspecified atom stereocenters. The molecule has 0 atom stereocenters. The van der Waals surface area contributed by atoms with E-state index < -0.39 is 0 Å². The van der Waals surface area contributed by atoms with Gasteiger partial charge in [0.15, 0.2) is 0 Å². The van der Waals surface area contributed by atoms with Crippen molar-refractivity contribution in [3.05, 3.63) is 47.8 Å². The minimum Gasteiger partial charge on any atom is -0.254 e. The number of fused-ring (bicyclic) bond motifs is 3. The van der Waals surface area contributed by atoms with Gasteiger partial charge in [-0.05, 0) is 30.5 Å². The van der Waals surface area contributed by atoms with E-state index in [0.29, 0.717) is 0 Å². The minimum atomic E-state index is 1.01. The fourth-order valence-corrected chi connectivity index (χ4v) is 2.62. The number of rotatable bonds is 3. The zero-order valence-electron chi connectivity index (χ0n) is 11.5. The van der Waals surface area contributed by atoms with Gasteiger partial charge in [0.25, 0.3) is 0 Å². The van der Waals surface area contributed by atoms with Crippen LogP contribution in [0.2, 0.25) is 0 Å². The lowest BCUT2D eigenvalue weighted by Crippen LogP contribution is -1.98. The molecule has 1 aromatic carbocycles. The second kappa shape index (κ2) is 4.96. The highest BCUT2D eigenvalue weighted by Crippen LogP contribution is 2.24. The molecule has 0 bridgehead atoms. The predicted octanol–water partition coefficient (Wildman–Crippen LogP) is 4.30. The van der Waals surface area contributed by atoms with Crippen LogP contribution < -0.4 is 0 Å². The Kier molecular flexibility index (Phi) is 3.16. The van der Waals surface area contributed by atoms with Crippen LogP contribution in [0.25, 0.3) is 21.8 Å². The van der Waals surface area contributed by atoms with Crippen molar-refractivity contribution in [2.45, 2.75) is 33.1 Å². The van der Waals surface area contributed by atoms with Crippen LogP contribution in [0, 0.1) is 0 Å². The van der Waals surface area contributed by atoms with E-state index in [1.807, 2.05) is 12.3 Å². The third-order valence-corrected chi connectivity index (χ3v) is 3.59. The lowest BCUT2D eigenvalue weighted by molar-refractivity contribution is 0.866. The highest BCUT2D eigenvalue weighted by Gasteiger charge is 2.08. The van der Waals surface area contributed by atoms with Gasteiger partial charge in [-0.3, -0.25) is 9.97 Å². The molecular formula is C17H18N2. The summed E-state index contributed by atoms with van der Waals surface area (Å²) >= 11 is 0. The van der Waals surface area contributed by atoms with Gasteiger partial charge in [0.1, 0.15) is 0 Å². The lowest BCUT2D eigenvalue weighted by Gasteiger charge is -2.09. The van der Waals surface area contributed by atoms with Gasteiger partial charge in [-0.25, -0.2) is 0 Å². The van der Waals surface area contributed by atoms with Crippen molar-refractivity contribution in [3.63, 3.8) is 0 Å². The molecule has 0 aliphatic carbocycles. The summed E-state index contributed by atoms with van der Waals surface area (Å²) in [5, 5.41) is 2.36. The molecule has 0 aliphatic rings. The van der Waals surface area contributed by atoms with Crippen LogP contribution >= 0.6 is 0 Å². The number of aryl methyl sites for hydroxylation is 2. The molecule has 96 valence electrons. The number of hydrogen-bond acceptors (Lipinski definition) is 2. The molecule has 0 amide bonds. The molecule has 2 aromatic heterocycles. The Balaban J connectivity index is 2.35. The van der Waals surface area contributed by atoms with Crippen molar-refractivity contribution in [1.29, 1.82) is 0 Å². The first-order chi connectivity index (χ1) is 9.33. The van der Waals surface area contributed by atoms with Gasteiger partial charge in [-0.1, -0.05) is 38.5 Å². The number of aromatic nitrogens is 2. The van der Waals surface area contributed by atoms with Crippen LogP contribution in [0.1, 0.15) is 31.5 Å². The van der Waals surface area contributed by atoms with Crippen LogP contribution in [0.5, 0.6) is 0 Å². The SMILES string of the molecule is CCCc1nc2c(ccc3cccnc32)cc1CC. The average molecular weight is 250 g/mol. The third kappa shape index (κ3) is 2.07. The highest BCUT2D eigenvalue weighted by atomic mass is 14.8. The molecule has 0 saturated carbocycles. The third-order valence-electron chi connectivity index (χ3n) is 3.59. The Bertz CT molecular complexity index is 732. The first kappa shape index (κ1) is 12.1. The van der Waals surface area contributed by atoms with Gasteiger partial charge < -0.3 is 0 Å². The maximum absolute atomic E-state index is 4.90. The standard InChI is InChI=1S/C17H18N2/c1-3-6-15-12(4-2)11-14-9-8-13-7-5-10-18-16(13)17(14)19-15/h5,7-11H,3-4,6H2,1-2H3. The summed E-state index contributed by atoms with van der Waals surface area (Å²) in [5.41, 5.74) is 4.65. The molecular weight excluding hydrogens is 232 g/mol. The van der Waals surface area contributed by atoms with Crippen molar-refractivity contribution < 1.29 is 0 Å². The first-order valence-electron chi connectivity index (χ1n) is 6.99. The zero-order chi connectivity index (χ0) is 13.2. The summed E-state index contributed by atoms with van der Waals surface area (Å²) in [5.74, 6) is 0. The Hall–Kier alpha value is -1.96. The summed E-state index contributed by atoms with van der Waals surface area (Å²) in [6.07, 6.45) is 5.06. The van der Waals surface area contributed by atoms with E-state index in [1.54, 1.807) is 0 Å². The summed E-state index contributed by atoms with van der Waals surface area (Å²) < 4.78 is 0. The van der Waals surface area contributed by atoms with Gasteiger partial charge in [0.2, 0.25) is 0 Å². The topological polar surface area (TPSA) is 25.8 Å². The molecule has 0 radical (unpaired) electrons. The van der Waals surface area contributed by atoms with Crippen molar-refractivity contribution >= 4 is 21.8 Å². The van der Waals surface area contributed by atoms with E-state index >= 15 is 0 Å². The van der Waals surface area contributed by atoms with Gasteiger partial charge >= 0.3 is 0 Å². The molecule has 2 nitrogen and oxygen atoms in total. The summed E-state index contributed by atoms with van der Waals surface area (Å²) in [7, 11) is 0. The monoisotopic (exact) mass is 250 g/mol. The number of hydrogen-bond donors (Lipinski definition) is 0. The molecule has 0 N–H and O–H groups in total. The molecule has 3 aromatic rings. The van der Waals surface area contributed by atoms with E-state index in [0.717, 1.165) is 35.7 Å². The molecule has 0 aliphatic heterocycles. The Morgan fingerprint density at radius 2 is 1.84 bits per heavy atom. The van der Waals surface area contributed by atoms with Gasteiger partial charge in [0, 0.05) is 22.7 Å². The molecule has 0 spiro atoms. The smallest absolute Gasteiger partial charge is 0.0968 e. The van der Waals surface area contributed by atoms with Gasteiger partial charge in [0.05, 0.1) is 11.0 Å². The zero-order valence-corrected chi connectivity index (χ0v) is 11.5. The molecule has 2 heterocycles. The second-order valence-electron chi connectivity index (χ2n) is 4.91. The van der Waals surface area contributed by atoms with Crippen molar-refractivity contribution in [1.82, 2.24) is 9.97 Å². The summed E-state index contributed by atoms with van der Waals surface area (Å²) in [6, 6.07) is 10.6. The maximum Gasteiger partial charge on any atom is 0.0968 e. The van der Waals surface area contributed by atoms with E-state index in [1.165, 1.54) is 16.6 Å².